The van der Waals surface area contributed by atoms with Crippen molar-refractivity contribution in [3.8, 4) is 0 Å². The van der Waals surface area contributed by atoms with E-state index < -0.39 is 0 Å². The molecule has 2 aliphatic heterocycles. The first-order valence-electron chi connectivity index (χ1n) is 8.24. The summed E-state index contributed by atoms with van der Waals surface area (Å²) in [7, 11) is 0. The van der Waals surface area contributed by atoms with E-state index in [2.05, 4.69) is 15.3 Å². The van der Waals surface area contributed by atoms with Gasteiger partial charge in [-0.25, -0.2) is 4.68 Å². The Morgan fingerprint density at radius 3 is 2.64 bits per heavy atom. The van der Waals surface area contributed by atoms with Gasteiger partial charge in [0.15, 0.2) is 0 Å². The highest BCUT2D eigenvalue weighted by molar-refractivity contribution is 5.78. The van der Waals surface area contributed by atoms with Crippen LogP contribution in [0.2, 0.25) is 0 Å². The summed E-state index contributed by atoms with van der Waals surface area (Å²) in [4.78, 5) is 25.5. The van der Waals surface area contributed by atoms with Crippen molar-refractivity contribution in [3.63, 3.8) is 0 Å². The van der Waals surface area contributed by atoms with Crippen molar-refractivity contribution in [2.75, 3.05) is 26.2 Å². The van der Waals surface area contributed by atoms with Gasteiger partial charge in [0.2, 0.25) is 5.91 Å². The molecule has 1 saturated carbocycles. The highest BCUT2D eigenvalue weighted by Gasteiger charge is 2.32. The summed E-state index contributed by atoms with van der Waals surface area (Å²) in [6.45, 7) is 4.53. The molecule has 1 N–H and O–H groups in total. The van der Waals surface area contributed by atoms with Crippen LogP contribution in [0, 0.1) is 11.8 Å². The number of carbonyl (C=O) groups excluding carboxylic acids is 1. The number of nitrogens with zero attached hydrogens (tertiary/aromatic N) is 3. The Bertz CT molecular complexity index is 631. The van der Waals surface area contributed by atoms with Crippen LogP contribution >= 0.6 is 0 Å². The number of nitrogens with one attached hydrogen (secondary N) is 1. The first-order valence-corrected chi connectivity index (χ1v) is 8.24. The fourth-order valence-corrected chi connectivity index (χ4v) is 3.54. The molecule has 6 heteroatoms. The van der Waals surface area contributed by atoms with Gasteiger partial charge in [-0.3, -0.25) is 9.59 Å². The molecule has 1 aromatic heterocycles. The van der Waals surface area contributed by atoms with Crippen LogP contribution in [-0.2, 0) is 11.3 Å². The van der Waals surface area contributed by atoms with Gasteiger partial charge in [0.05, 0.1) is 12.2 Å². The van der Waals surface area contributed by atoms with Gasteiger partial charge in [-0.05, 0) is 24.8 Å². The minimum atomic E-state index is 0.00781. The average molecular weight is 302 g/mol. The molecule has 3 fully saturated rings. The van der Waals surface area contributed by atoms with E-state index in [4.69, 9.17) is 0 Å². The van der Waals surface area contributed by atoms with Gasteiger partial charge < -0.3 is 10.2 Å². The molecular formula is C16H22N4O2. The number of aromatic nitrogens is 2. The third-order valence-corrected chi connectivity index (χ3v) is 4.93. The Balaban J connectivity index is 1.29. The maximum Gasteiger partial charge on any atom is 0.266 e. The lowest BCUT2D eigenvalue weighted by Crippen LogP contribution is -2.51. The predicted octanol–water partition coefficient (Wildman–Crippen LogP) is 0.189. The van der Waals surface area contributed by atoms with Crippen LogP contribution in [0.3, 0.4) is 0 Å². The maximum absolute atomic E-state index is 11.9. The van der Waals surface area contributed by atoms with E-state index in [1.165, 1.54) is 12.8 Å². The zero-order valence-corrected chi connectivity index (χ0v) is 12.7. The van der Waals surface area contributed by atoms with Crippen LogP contribution < -0.4 is 10.9 Å². The van der Waals surface area contributed by atoms with Crippen LogP contribution in [-0.4, -0.2) is 46.8 Å². The molecule has 0 bridgehead atoms. The minimum Gasteiger partial charge on any atom is -0.356 e. The van der Waals surface area contributed by atoms with Gasteiger partial charge >= 0.3 is 0 Å². The molecule has 1 amide bonds. The van der Waals surface area contributed by atoms with Crippen LogP contribution in [0.25, 0.3) is 0 Å². The minimum absolute atomic E-state index is 0.00781. The summed E-state index contributed by atoms with van der Waals surface area (Å²) in [6.07, 6.45) is 3.07. The second-order valence-electron chi connectivity index (χ2n) is 7.01. The average Bonchev–Trinajstić information content (AvgIpc) is 3.22. The quantitative estimate of drug-likeness (QED) is 0.843. The van der Waals surface area contributed by atoms with Crippen molar-refractivity contribution in [1.29, 1.82) is 0 Å². The smallest absolute Gasteiger partial charge is 0.266 e. The van der Waals surface area contributed by atoms with E-state index in [9.17, 15) is 9.59 Å². The Morgan fingerprint density at radius 2 is 1.95 bits per heavy atom. The SMILES string of the molecule is O=C1CC(CN2CC(Cn3nc(C4CC4)ccc3=O)C2)CN1. The zero-order valence-electron chi connectivity index (χ0n) is 12.7. The normalized spacial score (nSPS) is 26.0. The van der Waals surface area contributed by atoms with Crippen molar-refractivity contribution in [1.82, 2.24) is 20.0 Å². The monoisotopic (exact) mass is 302 g/mol. The third-order valence-electron chi connectivity index (χ3n) is 4.93. The lowest BCUT2D eigenvalue weighted by molar-refractivity contribution is -0.119. The van der Waals surface area contributed by atoms with Crippen LogP contribution in [0.5, 0.6) is 0 Å². The topological polar surface area (TPSA) is 67.2 Å². The molecule has 1 aliphatic carbocycles. The Labute approximate surface area is 129 Å². The number of rotatable bonds is 5. The van der Waals surface area contributed by atoms with E-state index in [0.29, 0.717) is 24.2 Å². The van der Waals surface area contributed by atoms with Crippen LogP contribution in [0.15, 0.2) is 16.9 Å². The van der Waals surface area contributed by atoms with Crippen molar-refractivity contribution < 1.29 is 4.79 Å². The molecule has 6 nitrogen and oxygen atoms in total. The number of amides is 1. The standard InChI is InChI=1S/C16H22N4O2/c21-15-5-11(6-17-15)7-19-8-12(9-19)10-20-16(22)4-3-14(18-20)13-1-2-13/h3-4,11-13H,1-2,5-10H2,(H,17,21). The summed E-state index contributed by atoms with van der Waals surface area (Å²) in [6, 6.07) is 3.54. The molecule has 0 aromatic carbocycles. The second kappa shape index (κ2) is 5.50. The second-order valence-corrected chi connectivity index (χ2v) is 7.01. The van der Waals surface area contributed by atoms with Crippen LogP contribution in [0.1, 0.15) is 30.9 Å². The number of hydrogen-bond donors (Lipinski definition) is 1. The first kappa shape index (κ1) is 13.9. The van der Waals surface area contributed by atoms with E-state index in [-0.39, 0.29) is 11.5 Å². The highest BCUT2D eigenvalue weighted by Crippen LogP contribution is 2.38. The fourth-order valence-electron chi connectivity index (χ4n) is 3.54. The molecule has 1 aromatic rings. The lowest BCUT2D eigenvalue weighted by atomic mass is 9.97. The molecule has 118 valence electrons. The van der Waals surface area contributed by atoms with Gasteiger partial charge in [0.25, 0.3) is 5.56 Å². The molecular weight excluding hydrogens is 280 g/mol. The van der Waals surface area contributed by atoms with Crippen molar-refractivity contribution in [2.24, 2.45) is 11.8 Å². The predicted molar refractivity (Wildman–Crippen MR) is 81.5 cm³/mol. The van der Waals surface area contributed by atoms with E-state index >= 15 is 0 Å². The molecule has 22 heavy (non-hydrogen) atoms. The highest BCUT2D eigenvalue weighted by atomic mass is 16.2. The van der Waals surface area contributed by atoms with Gasteiger partial charge in [-0.2, -0.15) is 5.10 Å². The molecule has 1 unspecified atom stereocenters. The number of carbonyl (C=O) groups is 1. The molecule has 1 atom stereocenters. The largest absolute Gasteiger partial charge is 0.356 e. The number of hydrogen-bond acceptors (Lipinski definition) is 4. The van der Waals surface area contributed by atoms with Gasteiger partial charge in [0, 0.05) is 50.5 Å². The van der Waals surface area contributed by atoms with E-state index in [1.54, 1.807) is 10.7 Å². The summed E-state index contributed by atoms with van der Waals surface area (Å²) in [5.74, 6) is 1.71. The summed E-state index contributed by atoms with van der Waals surface area (Å²) >= 11 is 0. The van der Waals surface area contributed by atoms with Gasteiger partial charge in [-0.15, -0.1) is 0 Å². The Hall–Kier alpha value is -1.69. The summed E-state index contributed by atoms with van der Waals surface area (Å²) < 4.78 is 1.65. The van der Waals surface area contributed by atoms with Gasteiger partial charge in [0.1, 0.15) is 0 Å². The lowest BCUT2D eigenvalue weighted by Gasteiger charge is -2.40. The summed E-state index contributed by atoms with van der Waals surface area (Å²) in [5.41, 5.74) is 1.08. The number of likely N-dealkylation sites (tertiary alicyclic amines) is 1. The molecule has 3 aliphatic rings. The van der Waals surface area contributed by atoms with Gasteiger partial charge in [-0.1, -0.05) is 0 Å². The molecule has 0 radical (unpaired) electrons. The van der Waals surface area contributed by atoms with Crippen LogP contribution in [0.4, 0.5) is 0 Å². The first-order chi connectivity index (χ1) is 10.7. The Kier molecular flexibility index (Phi) is 3.48. The Morgan fingerprint density at radius 1 is 1.14 bits per heavy atom. The molecule has 2 saturated heterocycles. The summed E-state index contributed by atoms with van der Waals surface area (Å²) in [5, 5.41) is 7.41. The maximum atomic E-state index is 11.9. The van der Waals surface area contributed by atoms with Crippen molar-refractivity contribution >= 4 is 5.91 Å². The molecule has 3 heterocycles. The van der Waals surface area contributed by atoms with E-state index in [1.807, 2.05) is 6.07 Å². The fraction of sp³-hybridized carbons (Fsp3) is 0.688. The molecule has 0 spiro atoms. The van der Waals surface area contributed by atoms with E-state index in [0.717, 1.165) is 38.4 Å². The van der Waals surface area contributed by atoms with Crippen molar-refractivity contribution in [2.45, 2.75) is 31.7 Å². The molecule has 4 rings (SSSR count). The zero-order chi connectivity index (χ0) is 15.1. The third kappa shape index (κ3) is 2.92. The van der Waals surface area contributed by atoms with Crippen molar-refractivity contribution in [3.05, 3.63) is 28.2 Å².